The number of aromatic nitrogens is 2. The normalized spacial score (nSPS) is 15.3. The summed E-state index contributed by atoms with van der Waals surface area (Å²) < 4.78 is 13.1. The van der Waals surface area contributed by atoms with E-state index in [-0.39, 0.29) is 11.2 Å². The third kappa shape index (κ3) is 2.07. The Morgan fingerprint density at radius 1 is 1.11 bits per heavy atom. The van der Waals surface area contributed by atoms with Crippen molar-refractivity contribution in [1.29, 1.82) is 0 Å². The summed E-state index contributed by atoms with van der Waals surface area (Å²) in [6.07, 6.45) is 4.68. The Bertz CT molecular complexity index is 581. The highest BCUT2D eigenvalue weighted by molar-refractivity contribution is 5.40. The number of nitrogens with one attached hydrogen (secondary N) is 1. The monoisotopic (exact) mass is 258 g/mol. The summed E-state index contributed by atoms with van der Waals surface area (Å²) in [6.45, 7) is 4.32. The summed E-state index contributed by atoms with van der Waals surface area (Å²) in [6, 6.07) is 6.77. The Labute approximate surface area is 113 Å². The number of hydrogen-bond donors (Lipinski definition) is 1. The first-order chi connectivity index (χ1) is 9.09. The molecule has 1 heterocycles. The molecule has 3 heteroatoms. The number of H-pyrrole nitrogens is 1. The van der Waals surface area contributed by atoms with Gasteiger partial charge >= 0.3 is 0 Å². The van der Waals surface area contributed by atoms with E-state index in [2.05, 4.69) is 24.0 Å². The molecule has 1 aliphatic rings. The van der Waals surface area contributed by atoms with Crippen molar-refractivity contribution in [2.45, 2.75) is 44.9 Å². The Kier molecular flexibility index (Phi) is 2.92. The van der Waals surface area contributed by atoms with E-state index in [1.165, 1.54) is 36.2 Å². The third-order valence-electron chi connectivity index (χ3n) is 4.21. The number of benzene rings is 1. The van der Waals surface area contributed by atoms with Crippen molar-refractivity contribution in [1.82, 2.24) is 10.2 Å². The molecule has 0 saturated heterocycles. The Hall–Kier alpha value is -1.64. The zero-order valence-corrected chi connectivity index (χ0v) is 11.5. The predicted molar refractivity (Wildman–Crippen MR) is 73.8 cm³/mol. The largest absolute Gasteiger partial charge is 0.282 e. The molecule has 0 unspecified atom stereocenters. The molecule has 100 valence electrons. The SMILES string of the molecule is CC(C)(c1ccc(F)cc1)c1n[nH]c2c1CCCC2. The highest BCUT2D eigenvalue weighted by Gasteiger charge is 2.30. The van der Waals surface area contributed by atoms with Crippen molar-refractivity contribution >= 4 is 0 Å². The van der Waals surface area contributed by atoms with Gasteiger partial charge in [-0.3, -0.25) is 5.10 Å². The molecule has 2 nitrogen and oxygen atoms in total. The smallest absolute Gasteiger partial charge is 0.123 e. The molecule has 1 N–H and O–H groups in total. The van der Waals surface area contributed by atoms with Gasteiger partial charge in [-0.25, -0.2) is 4.39 Å². The summed E-state index contributed by atoms with van der Waals surface area (Å²) in [5.41, 5.74) is 4.70. The molecule has 1 aliphatic carbocycles. The van der Waals surface area contributed by atoms with Gasteiger partial charge < -0.3 is 0 Å². The Morgan fingerprint density at radius 3 is 2.53 bits per heavy atom. The minimum absolute atomic E-state index is 0.185. The lowest BCUT2D eigenvalue weighted by atomic mass is 9.78. The van der Waals surface area contributed by atoms with E-state index in [9.17, 15) is 4.39 Å². The second kappa shape index (κ2) is 4.48. The van der Waals surface area contributed by atoms with Gasteiger partial charge in [0, 0.05) is 11.1 Å². The molecule has 19 heavy (non-hydrogen) atoms. The number of aromatic amines is 1. The molecule has 1 aromatic carbocycles. The first-order valence-electron chi connectivity index (χ1n) is 6.91. The minimum atomic E-state index is -0.191. The van der Waals surface area contributed by atoms with Crippen molar-refractivity contribution < 1.29 is 4.39 Å². The highest BCUT2D eigenvalue weighted by Crippen LogP contribution is 2.35. The van der Waals surface area contributed by atoms with Crippen LogP contribution in [0.4, 0.5) is 4.39 Å². The summed E-state index contributed by atoms with van der Waals surface area (Å²) in [7, 11) is 0. The first-order valence-corrected chi connectivity index (χ1v) is 6.91. The van der Waals surface area contributed by atoms with Crippen LogP contribution in [-0.4, -0.2) is 10.2 Å². The van der Waals surface area contributed by atoms with Gasteiger partial charge in [-0.1, -0.05) is 26.0 Å². The molecule has 3 rings (SSSR count). The maximum atomic E-state index is 13.1. The van der Waals surface area contributed by atoms with Crippen molar-refractivity contribution in [3.8, 4) is 0 Å². The van der Waals surface area contributed by atoms with E-state index in [1.807, 2.05) is 12.1 Å². The van der Waals surface area contributed by atoms with Gasteiger partial charge in [0.05, 0.1) is 5.69 Å². The summed E-state index contributed by atoms with van der Waals surface area (Å²) in [5, 5.41) is 7.74. The van der Waals surface area contributed by atoms with Gasteiger partial charge in [0.15, 0.2) is 0 Å². The maximum Gasteiger partial charge on any atom is 0.123 e. The lowest BCUT2D eigenvalue weighted by Gasteiger charge is -2.25. The average molecular weight is 258 g/mol. The minimum Gasteiger partial charge on any atom is -0.282 e. The fourth-order valence-corrected chi connectivity index (χ4v) is 3.00. The van der Waals surface area contributed by atoms with Crippen LogP contribution in [0.2, 0.25) is 0 Å². The fourth-order valence-electron chi connectivity index (χ4n) is 3.00. The summed E-state index contributed by atoms with van der Waals surface area (Å²) in [5.74, 6) is -0.191. The highest BCUT2D eigenvalue weighted by atomic mass is 19.1. The van der Waals surface area contributed by atoms with Crippen molar-refractivity contribution in [3.05, 3.63) is 52.6 Å². The van der Waals surface area contributed by atoms with Gasteiger partial charge in [0.1, 0.15) is 5.82 Å². The second-order valence-corrected chi connectivity index (χ2v) is 5.87. The quantitative estimate of drug-likeness (QED) is 0.873. The van der Waals surface area contributed by atoms with E-state index in [1.54, 1.807) is 0 Å². The lowest BCUT2D eigenvalue weighted by Crippen LogP contribution is -2.22. The van der Waals surface area contributed by atoms with Crippen molar-refractivity contribution in [3.63, 3.8) is 0 Å². The van der Waals surface area contributed by atoms with E-state index < -0.39 is 0 Å². The molecule has 0 radical (unpaired) electrons. The molecule has 2 aromatic rings. The first kappa shape index (κ1) is 12.4. The second-order valence-electron chi connectivity index (χ2n) is 5.87. The van der Waals surface area contributed by atoms with Crippen LogP contribution in [-0.2, 0) is 18.3 Å². The number of rotatable bonds is 2. The van der Waals surface area contributed by atoms with Crippen molar-refractivity contribution in [2.75, 3.05) is 0 Å². The zero-order valence-electron chi connectivity index (χ0n) is 11.5. The van der Waals surface area contributed by atoms with Gasteiger partial charge in [-0.05, 0) is 48.9 Å². The van der Waals surface area contributed by atoms with E-state index in [4.69, 9.17) is 0 Å². The van der Waals surface area contributed by atoms with Crippen LogP contribution in [0.3, 0.4) is 0 Å². The van der Waals surface area contributed by atoms with E-state index >= 15 is 0 Å². The third-order valence-corrected chi connectivity index (χ3v) is 4.21. The van der Waals surface area contributed by atoms with Crippen LogP contribution in [0.1, 0.15) is 49.2 Å². The Morgan fingerprint density at radius 2 is 1.79 bits per heavy atom. The van der Waals surface area contributed by atoms with Gasteiger partial charge in [0.25, 0.3) is 0 Å². The number of aryl methyl sites for hydroxylation is 1. The lowest BCUT2D eigenvalue weighted by molar-refractivity contribution is 0.590. The van der Waals surface area contributed by atoms with Crippen LogP contribution in [0.25, 0.3) is 0 Å². The summed E-state index contributed by atoms with van der Waals surface area (Å²) >= 11 is 0. The summed E-state index contributed by atoms with van der Waals surface area (Å²) in [4.78, 5) is 0. The molecule has 0 fully saturated rings. The molecule has 0 aliphatic heterocycles. The number of halogens is 1. The fraction of sp³-hybridized carbons (Fsp3) is 0.438. The van der Waals surface area contributed by atoms with Crippen molar-refractivity contribution in [2.24, 2.45) is 0 Å². The van der Waals surface area contributed by atoms with Crippen LogP contribution >= 0.6 is 0 Å². The van der Waals surface area contributed by atoms with Gasteiger partial charge in [-0.15, -0.1) is 0 Å². The van der Waals surface area contributed by atoms with Gasteiger partial charge in [-0.2, -0.15) is 5.10 Å². The molecule has 0 bridgehead atoms. The average Bonchev–Trinajstić information content (AvgIpc) is 2.83. The van der Waals surface area contributed by atoms with Gasteiger partial charge in [0.2, 0.25) is 0 Å². The van der Waals surface area contributed by atoms with E-state index in [0.717, 1.165) is 24.1 Å². The molecule has 1 aromatic heterocycles. The topological polar surface area (TPSA) is 28.7 Å². The maximum absolute atomic E-state index is 13.1. The molecule has 0 spiro atoms. The molecular formula is C16H19FN2. The molecular weight excluding hydrogens is 239 g/mol. The number of fused-ring (bicyclic) bond motifs is 1. The molecule has 0 amide bonds. The van der Waals surface area contributed by atoms with Crippen LogP contribution in [0.5, 0.6) is 0 Å². The van der Waals surface area contributed by atoms with Crippen LogP contribution in [0, 0.1) is 5.82 Å². The van der Waals surface area contributed by atoms with Crippen LogP contribution < -0.4 is 0 Å². The molecule has 0 saturated carbocycles. The van der Waals surface area contributed by atoms with E-state index in [0.29, 0.717) is 0 Å². The number of hydrogen-bond acceptors (Lipinski definition) is 1. The van der Waals surface area contributed by atoms with Crippen LogP contribution in [0.15, 0.2) is 24.3 Å². The number of nitrogens with zero attached hydrogens (tertiary/aromatic N) is 1. The Balaban J connectivity index is 2.04. The molecule has 0 atom stereocenters. The standard InChI is InChI=1S/C16H19FN2/c1-16(2,11-7-9-12(17)10-8-11)15-13-5-3-4-6-14(13)18-19-15/h7-10H,3-6H2,1-2H3,(H,18,19). The zero-order chi connectivity index (χ0) is 13.5. The predicted octanol–water partition coefficient (Wildman–Crippen LogP) is 3.75.